The predicted octanol–water partition coefficient (Wildman–Crippen LogP) is -0.0158. The Kier molecular flexibility index (Phi) is 3.74. The van der Waals surface area contributed by atoms with E-state index in [2.05, 4.69) is 5.32 Å². The van der Waals surface area contributed by atoms with E-state index in [0.717, 1.165) is 0 Å². The number of ether oxygens (including phenoxy) is 2. The summed E-state index contributed by atoms with van der Waals surface area (Å²) < 4.78 is 10.4. The molecule has 0 radical (unpaired) electrons. The SMILES string of the molecule is CC(C)(C)OC(=O)[C@](C)(O)[C@@]1(C)OCCNC1=O. The second-order valence-electron chi connectivity index (χ2n) is 5.71. The first-order valence-electron chi connectivity index (χ1n) is 5.89. The van der Waals surface area contributed by atoms with Gasteiger partial charge in [0.2, 0.25) is 0 Å². The molecule has 0 aromatic heterocycles. The number of esters is 1. The lowest BCUT2D eigenvalue weighted by molar-refractivity contribution is -0.216. The number of morpholine rings is 1. The Morgan fingerprint density at radius 3 is 2.44 bits per heavy atom. The van der Waals surface area contributed by atoms with Crippen LogP contribution in [0.15, 0.2) is 0 Å². The average molecular weight is 259 g/mol. The third kappa shape index (κ3) is 2.64. The van der Waals surface area contributed by atoms with E-state index in [1.807, 2.05) is 0 Å². The highest BCUT2D eigenvalue weighted by atomic mass is 16.6. The molecular formula is C12H21NO5. The van der Waals surface area contributed by atoms with Gasteiger partial charge in [-0.2, -0.15) is 0 Å². The van der Waals surface area contributed by atoms with Gasteiger partial charge in [0.05, 0.1) is 6.61 Å². The summed E-state index contributed by atoms with van der Waals surface area (Å²) in [5.74, 6) is -1.40. The van der Waals surface area contributed by atoms with Crippen molar-refractivity contribution in [1.29, 1.82) is 0 Å². The normalized spacial score (nSPS) is 28.2. The van der Waals surface area contributed by atoms with Gasteiger partial charge in [-0.1, -0.05) is 0 Å². The van der Waals surface area contributed by atoms with Gasteiger partial charge < -0.3 is 19.9 Å². The van der Waals surface area contributed by atoms with Crippen LogP contribution in [0.2, 0.25) is 0 Å². The zero-order valence-corrected chi connectivity index (χ0v) is 11.5. The minimum atomic E-state index is -2.05. The van der Waals surface area contributed by atoms with Crippen LogP contribution in [0.25, 0.3) is 0 Å². The molecule has 6 heteroatoms. The summed E-state index contributed by atoms with van der Waals surface area (Å²) in [5.41, 5.74) is -4.44. The van der Waals surface area contributed by atoms with E-state index >= 15 is 0 Å². The highest BCUT2D eigenvalue weighted by Gasteiger charge is 2.58. The molecule has 18 heavy (non-hydrogen) atoms. The number of amides is 1. The molecule has 1 aliphatic rings. The second-order valence-corrected chi connectivity index (χ2v) is 5.71. The monoisotopic (exact) mass is 259 g/mol. The van der Waals surface area contributed by atoms with Gasteiger partial charge in [0, 0.05) is 6.54 Å². The van der Waals surface area contributed by atoms with Crippen molar-refractivity contribution >= 4 is 11.9 Å². The fraction of sp³-hybridized carbons (Fsp3) is 0.833. The van der Waals surface area contributed by atoms with Crippen LogP contribution >= 0.6 is 0 Å². The van der Waals surface area contributed by atoms with Gasteiger partial charge in [0.25, 0.3) is 5.91 Å². The maximum atomic E-state index is 12.0. The summed E-state index contributed by atoms with van der Waals surface area (Å²) in [6, 6.07) is 0. The lowest BCUT2D eigenvalue weighted by atomic mass is 9.83. The largest absolute Gasteiger partial charge is 0.458 e. The minimum absolute atomic E-state index is 0.237. The van der Waals surface area contributed by atoms with Gasteiger partial charge >= 0.3 is 5.97 Å². The first-order valence-corrected chi connectivity index (χ1v) is 5.89. The molecule has 2 N–H and O–H groups in total. The smallest absolute Gasteiger partial charge is 0.341 e. The van der Waals surface area contributed by atoms with Gasteiger partial charge in [0.15, 0.2) is 11.2 Å². The molecule has 1 amide bonds. The predicted molar refractivity (Wildman–Crippen MR) is 63.8 cm³/mol. The number of hydrogen-bond donors (Lipinski definition) is 2. The molecule has 0 bridgehead atoms. The molecule has 1 fully saturated rings. The van der Waals surface area contributed by atoms with E-state index in [1.165, 1.54) is 13.8 Å². The molecule has 0 saturated carbocycles. The van der Waals surface area contributed by atoms with E-state index in [-0.39, 0.29) is 6.61 Å². The summed E-state index contributed by atoms with van der Waals surface area (Å²) in [7, 11) is 0. The molecule has 0 aliphatic carbocycles. The zero-order chi connectivity index (χ0) is 14.2. The Labute approximate surface area is 107 Å². The molecule has 2 atom stereocenters. The van der Waals surface area contributed by atoms with Crippen LogP contribution < -0.4 is 5.32 Å². The maximum Gasteiger partial charge on any atom is 0.341 e. The summed E-state index contributed by atoms with van der Waals surface area (Å²) in [6.07, 6.45) is 0. The number of hydrogen-bond acceptors (Lipinski definition) is 5. The van der Waals surface area contributed by atoms with E-state index in [9.17, 15) is 14.7 Å². The third-order valence-corrected chi connectivity index (χ3v) is 2.94. The van der Waals surface area contributed by atoms with Crippen LogP contribution in [-0.2, 0) is 19.1 Å². The van der Waals surface area contributed by atoms with Crippen molar-refractivity contribution in [2.45, 2.75) is 51.4 Å². The fourth-order valence-corrected chi connectivity index (χ4v) is 1.59. The van der Waals surface area contributed by atoms with Crippen molar-refractivity contribution in [3.05, 3.63) is 0 Å². The Balaban J connectivity index is 2.97. The Hall–Kier alpha value is -1.14. The van der Waals surface area contributed by atoms with Crippen LogP contribution in [0.5, 0.6) is 0 Å². The van der Waals surface area contributed by atoms with Crippen molar-refractivity contribution < 1.29 is 24.2 Å². The van der Waals surface area contributed by atoms with Crippen molar-refractivity contribution in [3.8, 4) is 0 Å². The van der Waals surface area contributed by atoms with Gasteiger partial charge in [-0.15, -0.1) is 0 Å². The number of carbonyl (C=O) groups excluding carboxylic acids is 2. The van der Waals surface area contributed by atoms with Crippen molar-refractivity contribution in [3.63, 3.8) is 0 Å². The van der Waals surface area contributed by atoms with E-state index in [1.54, 1.807) is 20.8 Å². The van der Waals surface area contributed by atoms with Crippen molar-refractivity contribution in [2.75, 3.05) is 13.2 Å². The summed E-state index contributed by atoms with van der Waals surface area (Å²) in [5, 5.41) is 12.9. The molecule has 0 spiro atoms. The molecule has 0 aromatic rings. The fourth-order valence-electron chi connectivity index (χ4n) is 1.59. The van der Waals surface area contributed by atoms with Crippen molar-refractivity contribution in [1.82, 2.24) is 5.32 Å². The maximum absolute atomic E-state index is 12.0. The van der Waals surface area contributed by atoms with Gasteiger partial charge in [0.1, 0.15) is 5.60 Å². The van der Waals surface area contributed by atoms with Gasteiger partial charge in [-0.05, 0) is 34.6 Å². The lowest BCUT2D eigenvalue weighted by Crippen LogP contribution is -2.68. The topological polar surface area (TPSA) is 84.9 Å². The summed E-state index contributed by atoms with van der Waals surface area (Å²) in [6.45, 7) is 8.26. The standard InChI is InChI=1S/C12H21NO5/c1-10(2,3)18-9(15)11(4,16)12(5)8(14)13-6-7-17-12/h16H,6-7H2,1-5H3,(H,13,14)/t11-,12-/m0/s1. The molecule has 0 unspecified atom stereocenters. The van der Waals surface area contributed by atoms with E-state index < -0.39 is 28.7 Å². The lowest BCUT2D eigenvalue weighted by Gasteiger charge is -2.42. The summed E-state index contributed by atoms with van der Waals surface area (Å²) in [4.78, 5) is 23.8. The van der Waals surface area contributed by atoms with Gasteiger partial charge in [-0.25, -0.2) is 4.79 Å². The summed E-state index contributed by atoms with van der Waals surface area (Å²) >= 11 is 0. The zero-order valence-electron chi connectivity index (χ0n) is 11.5. The average Bonchev–Trinajstić information content (AvgIpc) is 2.19. The van der Waals surface area contributed by atoms with Crippen LogP contribution in [0.1, 0.15) is 34.6 Å². The minimum Gasteiger partial charge on any atom is -0.458 e. The Bertz CT molecular complexity index is 358. The van der Waals surface area contributed by atoms with Crippen molar-refractivity contribution in [2.24, 2.45) is 0 Å². The third-order valence-electron chi connectivity index (χ3n) is 2.94. The van der Waals surface area contributed by atoms with Crippen LogP contribution in [0.4, 0.5) is 0 Å². The van der Waals surface area contributed by atoms with Crippen LogP contribution in [-0.4, -0.2) is 46.9 Å². The molecule has 0 aromatic carbocycles. The molecule has 1 rings (SSSR count). The van der Waals surface area contributed by atoms with Crippen LogP contribution in [0.3, 0.4) is 0 Å². The first kappa shape index (κ1) is 14.9. The Morgan fingerprint density at radius 2 is 2.00 bits per heavy atom. The molecule has 1 saturated heterocycles. The number of rotatable bonds is 2. The Morgan fingerprint density at radius 1 is 1.44 bits per heavy atom. The molecule has 1 aliphatic heterocycles. The van der Waals surface area contributed by atoms with Gasteiger partial charge in [-0.3, -0.25) is 4.79 Å². The van der Waals surface area contributed by atoms with Crippen LogP contribution in [0, 0.1) is 0 Å². The molecular weight excluding hydrogens is 238 g/mol. The quantitative estimate of drug-likeness (QED) is 0.681. The van der Waals surface area contributed by atoms with E-state index in [4.69, 9.17) is 9.47 Å². The molecule has 6 nitrogen and oxygen atoms in total. The molecule has 104 valence electrons. The molecule has 1 heterocycles. The second kappa shape index (κ2) is 4.51. The highest BCUT2D eigenvalue weighted by Crippen LogP contribution is 2.30. The number of carbonyl (C=O) groups is 2. The highest BCUT2D eigenvalue weighted by molar-refractivity contribution is 5.95. The first-order chi connectivity index (χ1) is 8.01. The van der Waals surface area contributed by atoms with E-state index in [0.29, 0.717) is 6.54 Å². The number of aliphatic hydroxyl groups is 1. The number of nitrogens with one attached hydrogen (secondary N) is 1.